The molecule has 8 atom stereocenters. The number of fused-ring (bicyclic) bond motifs is 2. The van der Waals surface area contributed by atoms with E-state index in [1.165, 1.54) is 11.3 Å². The Labute approximate surface area is 368 Å². The number of aromatic nitrogens is 3. The second-order valence-electron chi connectivity index (χ2n) is 18.6. The molecule has 0 spiro atoms. The highest BCUT2D eigenvalue weighted by Gasteiger charge is 2.60. The second kappa shape index (κ2) is 19.3. The molecule has 2 aromatic heterocycles. The maximum absolute atomic E-state index is 14.7. The summed E-state index contributed by atoms with van der Waals surface area (Å²) in [5, 5.41) is 24.5. The minimum absolute atomic E-state index is 0.0207. The van der Waals surface area contributed by atoms with Gasteiger partial charge in [-0.3, -0.25) is 14.5 Å². The third-order valence-electron chi connectivity index (χ3n) is 13.4. The van der Waals surface area contributed by atoms with Crippen LogP contribution in [0.4, 0.5) is 10.6 Å². The molecular formula is C46H64N8O9. The van der Waals surface area contributed by atoms with Gasteiger partial charge in [-0.2, -0.15) is 0 Å². The first-order valence-corrected chi connectivity index (χ1v) is 23.1. The highest BCUT2D eigenvalue weighted by Crippen LogP contribution is 2.52. The number of carboxylic acids is 1. The standard InChI is InChI=1S/C46H64N8O9/c1-5-6-7-8-9-36(49-45(59)63-33-21-30-20-31(30)22-33)43(56)53-27-34(24-38(53)42(55)50-46(44(57)58)26-29(46)4)62-39-25-41(54-13-12-40(51-54)47-28(2)3)48-37-23-32(10-11-35(37)39)61-19-16-52-14-17-60-18-15-52/h10-13,23,25,28-31,33-34,36,38H,5-9,14-22,24,26-27H2,1-4H3,(H,47,51)(H,49,59)(H,50,55)(H,57,58)/t29?,30-,31+,33?,34-,36+,38+,46-/m1/s1. The Kier molecular flexibility index (Phi) is 13.6. The maximum atomic E-state index is 14.7. The van der Waals surface area contributed by atoms with Crippen molar-refractivity contribution in [2.24, 2.45) is 17.8 Å². The topological polar surface area (TPSA) is 199 Å². The summed E-state index contributed by atoms with van der Waals surface area (Å²) in [6.45, 7) is 12.4. The van der Waals surface area contributed by atoms with Crippen LogP contribution in [0.3, 0.4) is 0 Å². The summed E-state index contributed by atoms with van der Waals surface area (Å²) in [4.78, 5) is 63.5. The van der Waals surface area contributed by atoms with Gasteiger partial charge in [-0.15, -0.1) is 5.10 Å². The largest absolute Gasteiger partial charge is 0.492 e. The van der Waals surface area contributed by atoms with Crippen molar-refractivity contribution in [1.29, 1.82) is 0 Å². The van der Waals surface area contributed by atoms with Gasteiger partial charge in [-0.1, -0.05) is 39.5 Å². The van der Waals surface area contributed by atoms with Crippen molar-refractivity contribution in [3.63, 3.8) is 0 Å². The number of carbonyl (C=O) groups excluding carboxylic acids is 3. The Morgan fingerprint density at radius 2 is 1.78 bits per heavy atom. The zero-order valence-corrected chi connectivity index (χ0v) is 37.1. The number of benzene rings is 1. The van der Waals surface area contributed by atoms with Crippen LogP contribution in [-0.4, -0.2) is 135 Å². The van der Waals surface area contributed by atoms with Crippen LogP contribution in [0.1, 0.15) is 91.9 Å². The van der Waals surface area contributed by atoms with Gasteiger partial charge in [-0.05, 0) is 75.8 Å². The summed E-state index contributed by atoms with van der Waals surface area (Å²) in [6.07, 6.45) is 7.49. The molecule has 5 aliphatic rings. The molecule has 8 rings (SSSR count). The van der Waals surface area contributed by atoms with Crippen molar-refractivity contribution < 1.29 is 43.2 Å². The van der Waals surface area contributed by atoms with E-state index >= 15 is 0 Å². The summed E-state index contributed by atoms with van der Waals surface area (Å²) in [6, 6.07) is 7.45. The third-order valence-corrected chi connectivity index (χ3v) is 13.4. The minimum Gasteiger partial charge on any atom is -0.492 e. The number of hydrogen-bond donors (Lipinski definition) is 4. The van der Waals surface area contributed by atoms with Crippen LogP contribution < -0.4 is 25.4 Å². The molecule has 17 heteroatoms. The molecule has 3 saturated carbocycles. The normalized spacial score (nSPS) is 26.8. The van der Waals surface area contributed by atoms with E-state index in [1.54, 1.807) is 17.7 Å². The number of likely N-dealkylation sites (tertiary alicyclic amines) is 1. The van der Waals surface area contributed by atoms with Crippen molar-refractivity contribution in [2.75, 3.05) is 51.3 Å². The Morgan fingerprint density at radius 3 is 2.49 bits per heavy atom. The molecule has 4 N–H and O–H groups in total. The van der Waals surface area contributed by atoms with Crippen molar-refractivity contribution >= 4 is 40.6 Å². The number of alkyl carbamates (subject to hydrolysis) is 1. The number of anilines is 1. The average molecular weight is 873 g/mol. The smallest absolute Gasteiger partial charge is 0.408 e. The first-order chi connectivity index (χ1) is 30.4. The lowest BCUT2D eigenvalue weighted by atomic mass is 10.1. The number of amides is 3. The minimum atomic E-state index is -1.40. The van der Waals surface area contributed by atoms with Crippen LogP contribution in [0, 0.1) is 17.8 Å². The van der Waals surface area contributed by atoms with Gasteiger partial charge in [0.25, 0.3) is 0 Å². The predicted molar refractivity (Wildman–Crippen MR) is 234 cm³/mol. The molecule has 2 saturated heterocycles. The van der Waals surface area contributed by atoms with Crippen LogP contribution in [0.25, 0.3) is 16.7 Å². The molecule has 0 radical (unpaired) electrons. The number of pyridine rings is 1. The molecule has 342 valence electrons. The van der Waals surface area contributed by atoms with E-state index in [4.69, 9.17) is 29.0 Å². The van der Waals surface area contributed by atoms with Crippen LogP contribution in [0.15, 0.2) is 36.5 Å². The summed E-state index contributed by atoms with van der Waals surface area (Å²) in [7, 11) is 0. The SMILES string of the molecule is CCCCCC[C@H](NC(=O)OC1C[C@@H]2C[C@@H]2C1)C(=O)N1C[C@H](Oc2cc(-n3ccc(NC(C)C)n3)nc3cc(OCCN4CCOCC4)ccc23)C[C@H]1C(=O)N[C@]1(C(=O)O)CC1C. The van der Waals surface area contributed by atoms with Gasteiger partial charge in [0.1, 0.15) is 53.8 Å². The van der Waals surface area contributed by atoms with Gasteiger partial charge in [0, 0.05) is 61.9 Å². The van der Waals surface area contributed by atoms with Crippen molar-refractivity contribution in [3.05, 3.63) is 36.5 Å². The number of carboxylic acid groups (broad SMARTS) is 1. The molecule has 2 unspecified atom stereocenters. The Hall–Kier alpha value is -5.16. The van der Waals surface area contributed by atoms with Gasteiger partial charge >= 0.3 is 12.1 Å². The fraction of sp³-hybridized carbons (Fsp3) is 0.652. The van der Waals surface area contributed by atoms with Gasteiger partial charge in [-0.25, -0.2) is 19.3 Å². The van der Waals surface area contributed by atoms with Gasteiger partial charge < -0.3 is 44.9 Å². The van der Waals surface area contributed by atoms with Gasteiger partial charge in [0.05, 0.1) is 25.3 Å². The molecule has 17 nitrogen and oxygen atoms in total. The monoisotopic (exact) mass is 872 g/mol. The fourth-order valence-electron chi connectivity index (χ4n) is 9.53. The number of rotatable bonds is 20. The van der Waals surface area contributed by atoms with E-state index in [0.717, 1.165) is 51.7 Å². The number of hydrogen-bond acceptors (Lipinski definition) is 12. The zero-order valence-electron chi connectivity index (χ0n) is 37.1. The second-order valence-corrected chi connectivity index (χ2v) is 18.6. The molecule has 3 amide bonds. The predicted octanol–water partition coefficient (Wildman–Crippen LogP) is 5.14. The lowest BCUT2D eigenvalue weighted by molar-refractivity contribution is -0.145. The van der Waals surface area contributed by atoms with Crippen molar-refractivity contribution in [1.82, 2.24) is 35.2 Å². The molecule has 4 heterocycles. The zero-order chi connectivity index (χ0) is 44.3. The number of nitrogens with zero attached hydrogens (tertiary/aromatic N) is 5. The highest BCUT2D eigenvalue weighted by atomic mass is 16.6. The first kappa shape index (κ1) is 44.4. The van der Waals surface area contributed by atoms with Gasteiger partial charge in [0.2, 0.25) is 11.8 Å². The number of morpholine rings is 1. The molecule has 3 aliphatic carbocycles. The average Bonchev–Trinajstić information content (AvgIpc) is 3.86. The van der Waals surface area contributed by atoms with E-state index in [2.05, 4.69) is 27.8 Å². The molecular weight excluding hydrogens is 809 g/mol. The Balaban J connectivity index is 1.06. The molecule has 0 bridgehead atoms. The molecule has 63 heavy (non-hydrogen) atoms. The van der Waals surface area contributed by atoms with Crippen LogP contribution >= 0.6 is 0 Å². The van der Waals surface area contributed by atoms with Crippen molar-refractivity contribution in [2.45, 2.75) is 128 Å². The maximum Gasteiger partial charge on any atom is 0.408 e. The molecule has 1 aromatic carbocycles. The van der Waals surface area contributed by atoms with E-state index in [9.17, 15) is 24.3 Å². The summed E-state index contributed by atoms with van der Waals surface area (Å²) >= 11 is 0. The number of carbonyl (C=O) groups is 4. The first-order valence-electron chi connectivity index (χ1n) is 23.1. The third kappa shape index (κ3) is 10.6. The van der Waals surface area contributed by atoms with E-state index in [-0.39, 0.29) is 37.5 Å². The Morgan fingerprint density at radius 1 is 1.00 bits per heavy atom. The summed E-state index contributed by atoms with van der Waals surface area (Å²) in [5.74, 6) is 1.13. The lowest BCUT2D eigenvalue weighted by Gasteiger charge is -2.29. The number of unbranched alkanes of at least 4 members (excludes halogenated alkanes) is 3. The number of nitrogens with one attached hydrogen (secondary N) is 3. The number of aliphatic carboxylic acids is 1. The van der Waals surface area contributed by atoms with E-state index in [0.29, 0.717) is 78.5 Å². The number of ether oxygens (including phenoxy) is 4. The molecule has 2 aliphatic heterocycles. The van der Waals surface area contributed by atoms with E-state index in [1.807, 2.05) is 44.3 Å². The molecule has 5 fully saturated rings. The van der Waals surface area contributed by atoms with E-state index < -0.39 is 47.6 Å². The highest BCUT2D eigenvalue weighted by molar-refractivity contribution is 5.96. The van der Waals surface area contributed by atoms with Crippen LogP contribution in [-0.2, 0) is 23.9 Å². The van der Waals surface area contributed by atoms with Crippen LogP contribution in [0.5, 0.6) is 11.5 Å². The quantitative estimate of drug-likeness (QED) is 0.109. The van der Waals surface area contributed by atoms with Crippen LogP contribution in [0.2, 0.25) is 0 Å². The lowest BCUT2D eigenvalue weighted by Crippen LogP contribution is -2.56. The summed E-state index contributed by atoms with van der Waals surface area (Å²) < 4.78 is 26.0. The summed E-state index contributed by atoms with van der Waals surface area (Å²) in [5.41, 5.74) is -0.805. The fourth-order valence-corrected chi connectivity index (χ4v) is 9.53. The Bertz CT molecular complexity index is 2120. The van der Waals surface area contributed by atoms with Crippen molar-refractivity contribution in [3.8, 4) is 17.3 Å². The molecule has 3 aromatic rings. The van der Waals surface area contributed by atoms with Gasteiger partial charge in [0.15, 0.2) is 5.82 Å².